The molecule has 26 heavy (non-hydrogen) atoms. The molecule has 0 spiro atoms. The van der Waals surface area contributed by atoms with Crippen molar-refractivity contribution in [2.24, 2.45) is 0 Å². The van der Waals surface area contributed by atoms with Crippen LogP contribution in [0.3, 0.4) is 0 Å². The Hall–Kier alpha value is -2.19. The van der Waals surface area contributed by atoms with Crippen LogP contribution in [0.4, 0.5) is 4.39 Å². The molecular weight excluding hydrogens is 341 g/mol. The van der Waals surface area contributed by atoms with Gasteiger partial charge in [0.15, 0.2) is 6.61 Å². The van der Waals surface area contributed by atoms with Gasteiger partial charge in [-0.1, -0.05) is 6.07 Å². The number of carbonyl (C=O) groups excluding carboxylic acids is 2. The van der Waals surface area contributed by atoms with E-state index in [1.807, 2.05) is 7.05 Å². The van der Waals surface area contributed by atoms with Crippen LogP contribution in [0.5, 0.6) is 5.75 Å². The highest BCUT2D eigenvalue weighted by Gasteiger charge is 2.30. The molecule has 0 aliphatic carbocycles. The largest absolute Gasteiger partial charge is 0.484 e. The van der Waals surface area contributed by atoms with E-state index < -0.39 is 5.82 Å². The predicted octanol–water partition coefficient (Wildman–Crippen LogP) is 0.500. The van der Waals surface area contributed by atoms with Crippen LogP contribution < -0.4 is 10.1 Å². The molecule has 1 aromatic rings. The molecule has 0 bridgehead atoms. The minimum Gasteiger partial charge on any atom is -0.484 e. The van der Waals surface area contributed by atoms with Crippen LogP contribution in [0.15, 0.2) is 24.3 Å². The summed E-state index contributed by atoms with van der Waals surface area (Å²) in [5, 5.41) is 2.79. The van der Waals surface area contributed by atoms with Crippen LogP contribution in [0.2, 0.25) is 0 Å². The standard InChI is InChI=1S/C18H26FN3O4/c1-21(8-9-25-2)6-7-22-12-15(11-18(22)24)20-17(23)13-26-16-5-3-4-14(19)10-16/h3-5,10,15H,6-9,11-13H2,1-2H3,(H,20,23)/t15-/m1/s1. The number of benzene rings is 1. The lowest BCUT2D eigenvalue weighted by atomic mass is 10.2. The Bertz CT molecular complexity index is 614. The molecule has 1 saturated heterocycles. The van der Waals surface area contributed by atoms with Crippen molar-refractivity contribution in [3.8, 4) is 5.75 Å². The van der Waals surface area contributed by atoms with Gasteiger partial charge in [-0.25, -0.2) is 4.39 Å². The molecule has 8 heteroatoms. The number of hydrogen-bond donors (Lipinski definition) is 1. The Labute approximate surface area is 153 Å². The fourth-order valence-electron chi connectivity index (χ4n) is 2.71. The third-order valence-electron chi connectivity index (χ3n) is 4.17. The molecule has 7 nitrogen and oxygen atoms in total. The molecule has 1 fully saturated rings. The molecule has 1 atom stereocenters. The maximum atomic E-state index is 13.1. The summed E-state index contributed by atoms with van der Waals surface area (Å²) in [5.41, 5.74) is 0. The van der Waals surface area contributed by atoms with Crippen molar-refractivity contribution in [1.29, 1.82) is 0 Å². The molecule has 1 heterocycles. The molecule has 0 aromatic heterocycles. The number of halogens is 1. The number of hydrogen-bond acceptors (Lipinski definition) is 5. The lowest BCUT2D eigenvalue weighted by Crippen LogP contribution is -2.41. The van der Waals surface area contributed by atoms with Gasteiger partial charge in [-0.15, -0.1) is 0 Å². The lowest BCUT2D eigenvalue weighted by molar-refractivity contribution is -0.127. The number of methoxy groups -OCH3 is 1. The highest BCUT2D eigenvalue weighted by molar-refractivity contribution is 5.82. The average molecular weight is 367 g/mol. The van der Waals surface area contributed by atoms with Gasteiger partial charge in [-0.3, -0.25) is 9.59 Å². The van der Waals surface area contributed by atoms with E-state index in [1.165, 1.54) is 18.2 Å². The molecule has 144 valence electrons. The van der Waals surface area contributed by atoms with Crippen molar-refractivity contribution in [3.63, 3.8) is 0 Å². The second kappa shape index (κ2) is 10.1. The van der Waals surface area contributed by atoms with Gasteiger partial charge in [0, 0.05) is 45.8 Å². The summed E-state index contributed by atoms with van der Waals surface area (Å²) in [6, 6.07) is 5.39. The van der Waals surface area contributed by atoms with Crippen molar-refractivity contribution in [2.75, 3.05) is 53.6 Å². The Morgan fingerprint density at radius 2 is 2.23 bits per heavy atom. The number of amides is 2. The van der Waals surface area contributed by atoms with Gasteiger partial charge in [-0.2, -0.15) is 0 Å². The van der Waals surface area contributed by atoms with E-state index in [-0.39, 0.29) is 30.9 Å². The topological polar surface area (TPSA) is 71.1 Å². The number of nitrogens with zero attached hydrogens (tertiary/aromatic N) is 2. The molecule has 0 unspecified atom stereocenters. The first kappa shape index (κ1) is 20.1. The van der Waals surface area contributed by atoms with E-state index in [4.69, 9.17) is 9.47 Å². The van der Waals surface area contributed by atoms with Crippen LogP contribution in [-0.4, -0.2) is 81.2 Å². The van der Waals surface area contributed by atoms with Crippen LogP contribution >= 0.6 is 0 Å². The zero-order valence-electron chi connectivity index (χ0n) is 15.2. The van der Waals surface area contributed by atoms with Crippen LogP contribution in [0, 0.1) is 5.82 Å². The minimum atomic E-state index is -0.421. The monoisotopic (exact) mass is 367 g/mol. The predicted molar refractivity (Wildman–Crippen MR) is 94.4 cm³/mol. The Balaban J connectivity index is 1.69. The van der Waals surface area contributed by atoms with Crippen molar-refractivity contribution < 1.29 is 23.5 Å². The second-order valence-corrected chi connectivity index (χ2v) is 6.35. The summed E-state index contributed by atoms with van der Waals surface area (Å²) in [6.07, 6.45) is 0.285. The number of carbonyl (C=O) groups is 2. The van der Waals surface area contributed by atoms with Gasteiger partial charge < -0.3 is 24.6 Å². The molecule has 1 aromatic carbocycles. The second-order valence-electron chi connectivity index (χ2n) is 6.35. The van der Waals surface area contributed by atoms with Crippen LogP contribution in [-0.2, 0) is 14.3 Å². The van der Waals surface area contributed by atoms with Crippen molar-refractivity contribution in [1.82, 2.24) is 15.1 Å². The first-order chi connectivity index (χ1) is 12.5. The molecular formula is C18H26FN3O4. The number of likely N-dealkylation sites (N-methyl/N-ethyl adjacent to an activating group) is 1. The zero-order chi connectivity index (χ0) is 18.9. The molecule has 0 radical (unpaired) electrons. The van der Waals surface area contributed by atoms with Crippen molar-refractivity contribution in [2.45, 2.75) is 12.5 Å². The highest BCUT2D eigenvalue weighted by Crippen LogP contribution is 2.13. The van der Waals surface area contributed by atoms with Crippen molar-refractivity contribution in [3.05, 3.63) is 30.1 Å². The van der Waals surface area contributed by atoms with Crippen molar-refractivity contribution >= 4 is 11.8 Å². The summed E-state index contributed by atoms with van der Waals surface area (Å²) in [5.74, 6) is -0.425. The van der Waals surface area contributed by atoms with E-state index >= 15 is 0 Å². The van der Waals surface area contributed by atoms with Gasteiger partial charge in [0.2, 0.25) is 5.91 Å². The van der Waals surface area contributed by atoms with Gasteiger partial charge >= 0.3 is 0 Å². The first-order valence-corrected chi connectivity index (χ1v) is 8.61. The zero-order valence-corrected chi connectivity index (χ0v) is 15.2. The van der Waals surface area contributed by atoms with Crippen LogP contribution in [0.25, 0.3) is 0 Å². The quantitative estimate of drug-likeness (QED) is 0.652. The third kappa shape index (κ3) is 6.61. The van der Waals surface area contributed by atoms with Gasteiger partial charge in [0.25, 0.3) is 5.91 Å². The average Bonchev–Trinajstić information content (AvgIpc) is 2.95. The normalized spacial score (nSPS) is 17.0. The van der Waals surface area contributed by atoms with E-state index in [1.54, 1.807) is 18.1 Å². The Morgan fingerprint density at radius 3 is 2.96 bits per heavy atom. The summed E-state index contributed by atoms with van der Waals surface area (Å²) < 4.78 is 23.4. The highest BCUT2D eigenvalue weighted by atomic mass is 19.1. The smallest absolute Gasteiger partial charge is 0.258 e. The minimum absolute atomic E-state index is 0.0292. The molecule has 2 amide bonds. The summed E-state index contributed by atoms with van der Waals surface area (Å²) in [4.78, 5) is 27.9. The van der Waals surface area contributed by atoms with Gasteiger partial charge in [-0.05, 0) is 19.2 Å². The van der Waals surface area contributed by atoms with E-state index in [9.17, 15) is 14.0 Å². The molecule has 1 aliphatic rings. The van der Waals surface area contributed by atoms with E-state index in [2.05, 4.69) is 10.2 Å². The lowest BCUT2D eigenvalue weighted by Gasteiger charge is -2.22. The maximum Gasteiger partial charge on any atom is 0.258 e. The summed E-state index contributed by atoms with van der Waals surface area (Å²) >= 11 is 0. The summed E-state index contributed by atoms with van der Waals surface area (Å²) in [6.45, 7) is 3.09. The molecule has 1 N–H and O–H groups in total. The summed E-state index contributed by atoms with van der Waals surface area (Å²) in [7, 11) is 3.63. The first-order valence-electron chi connectivity index (χ1n) is 8.61. The number of nitrogens with one attached hydrogen (secondary N) is 1. The molecule has 1 aliphatic heterocycles. The Kier molecular flexibility index (Phi) is 7.80. The van der Waals surface area contributed by atoms with E-state index in [0.29, 0.717) is 25.4 Å². The molecule has 2 rings (SSSR count). The van der Waals surface area contributed by atoms with Crippen LogP contribution in [0.1, 0.15) is 6.42 Å². The van der Waals surface area contributed by atoms with Gasteiger partial charge in [0.05, 0.1) is 12.6 Å². The molecule has 0 saturated carbocycles. The van der Waals surface area contributed by atoms with E-state index in [0.717, 1.165) is 13.1 Å². The fourth-order valence-corrected chi connectivity index (χ4v) is 2.71. The SMILES string of the molecule is COCCN(C)CCN1C[C@H](NC(=O)COc2cccc(F)c2)CC1=O. The number of likely N-dealkylation sites (tertiary alicyclic amines) is 1. The Morgan fingerprint density at radius 1 is 1.42 bits per heavy atom. The third-order valence-corrected chi connectivity index (χ3v) is 4.17. The fraction of sp³-hybridized carbons (Fsp3) is 0.556. The maximum absolute atomic E-state index is 13.1. The number of ether oxygens (including phenoxy) is 2. The van der Waals surface area contributed by atoms with Gasteiger partial charge in [0.1, 0.15) is 11.6 Å². The number of rotatable bonds is 10.